The molecular weight excluding hydrogens is 343 g/mol. The highest BCUT2D eigenvalue weighted by Gasteiger charge is 2.17. The van der Waals surface area contributed by atoms with Crippen molar-refractivity contribution >= 4 is 33.9 Å². The van der Waals surface area contributed by atoms with Crippen LogP contribution in [0.25, 0.3) is 0 Å². The first-order chi connectivity index (χ1) is 11.1. The van der Waals surface area contributed by atoms with Crippen molar-refractivity contribution in [3.63, 3.8) is 0 Å². The number of benzene rings is 1. The second-order valence-electron chi connectivity index (χ2n) is 4.32. The van der Waals surface area contributed by atoms with E-state index in [4.69, 9.17) is 4.74 Å². The van der Waals surface area contributed by atoms with Crippen molar-refractivity contribution < 1.29 is 14.1 Å². The number of nitro benzene ring substituents is 1. The van der Waals surface area contributed by atoms with Crippen LogP contribution >= 0.6 is 23.1 Å². The van der Waals surface area contributed by atoms with Crippen LogP contribution in [0.3, 0.4) is 0 Å². The molecule has 0 unspecified atom stereocenters. The topological polar surface area (TPSA) is 90.2 Å². The molecule has 0 fully saturated rings. The maximum atomic E-state index is 13.1. The average molecular weight is 358 g/mol. The molecule has 2 rings (SSSR count). The van der Waals surface area contributed by atoms with Gasteiger partial charge >= 0.3 is 0 Å². The SMILES string of the molecule is CCOCCCNc1nnc(Sc2ccc(F)cc2[N+](=O)[O-])s1. The lowest BCUT2D eigenvalue weighted by atomic mass is 10.3. The second-order valence-corrected chi connectivity index (χ2v) is 6.59. The molecule has 23 heavy (non-hydrogen) atoms. The third-order valence-corrected chi connectivity index (χ3v) is 4.66. The molecule has 1 heterocycles. The maximum Gasteiger partial charge on any atom is 0.286 e. The summed E-state index contributed by atoms with van der Waals surface area (Å²) in [5.74, 6) is -0.644. The number of hydrogen-bond acceptors (Lipinski definition) is 8. The van der Waals surface area contributed by atoms with Crippen molar-refractivity contribution in [2.45, 2.75) is 22.6 Å². The normalized spacial score (nSPS) is 10.7. The number of hydrogen-bond donors (Lipinski definition) is 1. The van der Waals surface area contributed by atoms with Crippen molar-refractivity contribution in [3.8, 4) is 0 Å². The highest BCUT2D eigenvalue weighted by Crippen LogP contribution is 2.37. The minimum absolute atomic E-state index is 0.281. The summed E-state index contributed by atoms with van der Waals surface area (Å²) in [5.41, 5.74) is -0.281. The highest BCUT2D eigenvalue weighted by atomic mass is 32.2. The zero-order valence-corrected chi connectivity index (χ0v) is 14.0. The summed E-state index contributed by atoms with van der Waals surface area (Å²) in [4.78, 5) is 10.7. The Labute approximate surface area is 140 Å². The summed E-state index contributed by atoms with van der Waals surface area (Å²) >= 11 is 2.38. The molecule has 0 atom stereocenters. The van der Waals surface area contributed by atoms with E-state index in [2.05, 4.69) is 15.5 Å². The van der Waals surface area contributed by atoms with Gasteiger partial charge in [0.25, 0.3) is 5.69 Å². The van der Waals surface area contributed by atoms with Gasteiger partial charge in [0, 0.05) is 19.8 Å². The minimum atomic E-state index is -0.644. The zero-order valence-electron chi connectivity index (χ0n) is 12.3. The molecule has 0 radical (unpaired) electrons. The average Bonchev–Trinajstić information content (AvgIpc) is 2.96. The van der Waals surface area contributed by atoms with Gasteiger partial charge in [-0.15, -0.1) is 10.2 Å². The molecule has 0 amide bonds. The number of nitrogens with zero attached hydrogens (tertiary/aromatic N) is 3. The van der Waals surface area contributed by atoms with E-state index < -0.39 is 10.7 Å². The molecule has 1 N–H and O–H groups in total. The van der Waals surface area contributed by atoms with E-state index >= 15 is 0 Å². The quantitative estimate of drug-likeness (QED) is 0.416. The molecule has 10 heteroatoms. The van der Waals surface area contributed by atoms with Crippen LogP contribution in [0.15, 0.2) is 27.4 Å². The third kappa shape index (κ3) is 5.41. The van der Waals surface area contributed by atoms with E-state index in [0.717, 1.165) is 24.2 Å². The molecule has 2 aromatic rings. The number of nitrogens with one attached hydrogen (secondary N) is 1. The number of rotatable bonds is 9. The fourth-order valence-corrected chi connectivity index (χ4v) is 3.47. The fourth-order valence-electron chi connectivity index (χ4n) is 1.65. The van der Waals surface area contributed by atoms with Crippen molar-refractivity contribution in [1.29, 1.82) is 0 Å². The smallest absolute Gasteiger partial charge is 0.286 e. The van der Waals surface area contributed by atoms with Gasteiger partial charge in [-0.2, -0.15) is 0 Å². The molecule has 0 bridgehead atoms. The van der Waals surface area contributed by atoms with Gasteiger partial charge in [0.05, 0.1) is 15.9 Å². The Morgan fingerprint density at radius 1 is 1.48 bits per heavy atom. The van der Waals surface area contributed by atoms with Crippen LogP contribution in [0.2, 0.25) is 0 Å². The van der Waals surface area contributed by atoms with Gasteiger partial charge in [-0.05, 0) is 37.2 Å². The van der Waals surface area contributed by atoms with Gasteiger partial charge in [0.2, 0.25) is 5.13 Å². The summed E-state index contributed by atoms with van der Waals surface area (Å²) in [5, 5.41) is 22.7. The predicted octanol–water partition coefficient (Wildman–Crippen LogP) is 3.58. The molecule has 7 nitrogen and oxygen atoms in total. The standard InChI is InChI=1S/C13H15FN4O3S2/c1-2-21-7-3-6-15-12-16-17-13(23-12)22-11-5-4-9(14)8-10(11)18(19)20/h4-5,8H,2-3,6-7H2,1H3,(H,15,16). The summed E-state index contributed by atoms with van der Waals surface area (Å²) in [6.07, 6.45) is 0.847. The van der Waals surface area contributed by atoms with Crippen LogP contribution in [-0.4, -0.2) is 34.9 Å². The number of anilines is 1. The van der Waals surface area contributed by atoms with Crippen molar-refractivity contribution in [1.82, 2.24) is 10.2 Å². The molecule has 1 aromatic heterocycles. The third-order valence-electron chi connectivity index (χ3n) is 2.67. The molecular formula is C13H15FN4O3S2. The van der Waals surface area contributed by atoms with Crippen LogP contribution in [-0.2, 0) is 4.74 Å². The molecule has 0 aliphatic rings. The highest BCUT2D eigenvalue weighted by molar-refractivity contribution is 8.01. The number of aromatic nitrogens is 2. The van der Waals surface area contributed by atoms with E-state index in [1.165, 1.54) is 23.5 Å². The lowest BCUT2D eigenvalue weighted by molar-refractivity contribution is -0.387. The van der Waals surface area contributed by atoms with Crippen LogP contribution in [0.1, 0.15) is 13.3 Å². The Hall–Kier alpha value is -1.78. The van der Waals surface area contributed by atoms with E-state index in [-0.39, 0.29) is 5.69 Å². The first kappa shape index (κ1) is 17.6. The van der Waals surface area contributed by atoms with E-state index in [1.54, 1.807) is 0 Å². The monoisotopic (exact) mass is 358 g/mol. The molecule has 1 aromatic carbocycles. The van der Waals surface area contributed by atoms with E-state index in [9.17, 15) is 14.5 Å². The fraction of sp³-hybridized carbons (Fsp3) is 0.385. The minimum Gasteiger partial charge on any atom is -0.382 e. The van der Waals surface area contributed by atoms with Crippen LogP contribution in [0.4, 0.5) is 15.2 Å². The Kier molecular flexibility index (Phi) is 6.68. The van der Waals surface area contributed by atoms with Crippen LogP contribution in [0, 0.1) is 15.9 Å². The second kappa shape index (κ2) is 8.75. The zero-order chi connectivity index (χ0) is 16.7. The number of nitro groups is 1. The van der Waals surface area contributed by atoms with Gasteiger partial charge in [-0.1, -0.05) is 11.3 Å². The van der Waals surface area contributed by atoms with Crippen molar-refractivity contribution in [3.05, 3.63) is 34.1 Å². The lowest BCUT2D eigenvalue weighted by Crippen LogP contribution is -2.05. The summed E-state index contributed by atoms with van der Waals surface area (Å²) in [6.45, 7) is 4.01. The van der Waals surface area contributed by atoms with Gasteiger partial charge in [-0.3, -0.25) is 10.1 Å². The van der Waals surface area contributed by atoms with Crippen LogP contribution < -0.4 is 5.32 Å². The van der Waals surface area contributed by atoms with E-state index in [1.807, 2.05) is 6.92 Å². The first-order valence-electron chi connectivity index (χ1n) is 6.87. The van der Waals surface area contributed by atoms with Gasteiger partial charge < -0.3 is 10.1 Å². The molecule has 0 spiro atoms. The Bertz CT molecular complexity index is 668. The molecule has 0 saturated heterocycles. The van der Waals surface area contributed by atoms with Crippen LogP contribution in [0.5, 0.6) is 0 Å². The number of halogens is 1. The van der Waals surface area contributed by atoms with Gasteiger partial charge in [0.1, 0.15) is 5.82 Å². The Balaban J connectivity index is 1.95. The first-order valence-corrected chi connectivity index (χ1v) is 8.50. The summed E-state index contributed by atoms with van der Waals surface area (Å²) < 4.78 is 18.9. The molecule has 0 aliphatic carbocycles. The van der Waals surface area contributed by atoms with Crippen molar-refractivity contribution in [2.75, 3.05) is 25.1 Å². The van der Waals surface area contributed by atoms with Gasteiger partial charge in [-0.25, -0.2) is 4.39 Å². The predicted molar refractivity (Wildman–Crippen MR) is 86.7 cm³/mol. The van der Waals surface area contributed by atoms with Crippen molar-refractivity contribution in [2.24, 2.45) is 0 Å². The van der Waals surface area contributed by atoms with Gasteiger partial charge in [0.15, 0.2) is 4.34 Å². The Morgan fingerprint density at radius 2 is 2.30 bits per heavy atom. The maximum absolute atomic E-state index is 13.1. The van der Waals surface area contributed by atoms with E-state index in [0.29, 0.717) is 34.1 Å². The lowest BCUT2D eigenvalue weighted by Gasteiger charge is -2.01. The number of ether oxygens (including phenoxy) is 1. The summed E-state index contributed by atoms with van der Waals surface area (Å²) in [7, 11) is 0. The molecule has 124 valence electrons. The Morgan fingerprint density at radius 3 is 3.04 bits per heavy atom. The molecule has 0 saturated carbocycles. The largest absolute Gasteiger partial charge is 0.382 e. The molecule has 0 aliphatic heterocycles. The summed E-state index contributed by atoms with van der Waals surface area (Å²) in [6, 6.07) is 3.45.